The third-order valence-electron chi connectivity index (χ3n) is 2.14. The average Bonchev–Trinajstić information content (AvgIpc) is 2.39. The third-order valence-corrected chi connectivity index (χ3v) is 5.53. The summed E-state index contributed by atoms with van der Waals surface area (Å²) in [7, 11) is -1.10. The Hall–Kier alpha value is 0.350. The van der Waals surface area contributed by atoms with E-state index in [9.17, 15) is 9.59 Å². The van der Waals surface area contributed by atoms with Crippen LogP contribution in [0.5, 0.6) is 0 Å². The molecular formula is C12H24NO4PS2. The van der Waals surface area contributed by atoms with Crippen LogP contribution in [0.2, 0.25) is 0 Å². The van der Waals surface area contributed by atoms with E-state index in [4.69, 9.17) is 9.05 Å². The van der Waals surface area contributed by atoms with E-state index in [1.807, 2.05) is 0 Å². The molecule has 5 nitrogen and oxygen atoms in total. The van der Waals surface area contributed by atoms with Crippen LogP contribution in [0, 0.1) is 0 Å². The Morgan fingerprint density at radius 2 is 1.35 bits per heavy atom. The summed E-state index contributed by atoms with van der Waals surface area (Å²) in [5.74, 6) is 1.28. The predicted molar refractivity (Wildman–Crippen MR) is 88.0 cm³/mol. The smallest absolute Gasteiger partial charge is 0.258 e. The van der Waals surface area contributed by atoms with E-state index in [0.717, 1.165) is 13.1 Å². The van der Waals surface area contributed by atoms with E-state index in [0.29, 0.717) is 24.7 Å². The zero-order valence-corrected chi connectivity index (χ0v) is 15.1. The van der Waals surface area contributed by atoms with Crippen molar-refractivity contribution in [3.63, 3.8) is 0 Å². The maximum atomic E-state index is 10.8. The predicted octanol–water partition coefficient (Wildman–Crippen LogP) is 3.15. The van der Waals surface area contributed by atoms with Crippen molar-refractivity contribution < 1.29 is 18.6 Å². The van der Waals surface area contributed by atoms with E-state index >= 15 is 0 Å². The Morgan fingerprint density at radius 1 is 0.950 bits per heavy atom. The van der Waals surface area contributed by atoms with Gasteiger partial charge in [-0.05, 0) is 0 Å². The molecule has 0 fully saturated rings. The molecule has 0 aromatic carbocycles. The number of thioether (sulfide) groups is 2. The molecule has 0 rings (SSSR count). The molecule has 0 heterocycles. The minimum atomic E-state index is -1.10. The van der Waals surface area contributed by atoms with Gasteiger partial charge in [0.2, 0.25) is 0 Å². The largest absolute Gasteiger partial charge is 0.321 e. The molecule has 0 saturated heterocycles. The van der Waals surface area contributed by atoms with Gasteiger partial charge in [-0.3, -0.25) is 9.59 Å². The van der Waals surface area contributed by atoms with Crippen LogP contribution in [-0.2, 0) is 18.6 Å². The molecule has 0 bridgehead atoms. The van der Waals surface area contributed by atoms with Gasteiger partial charge in [0, 0.05) is 38.4 Å². The second-order valence-electron chi connectivity index (χ2n) is 3.72. The lowest BCUT2D eigenvalue weighted by Gasteiger charge is -2.27. The van der Waals surface area contributed by atoms with Crippen molar-refractivity contribution in [3.8, 4) is 0 Å². The quantitative estimate of drug-likeness (QED) is 0.423. The molecule has 0 atom stereocenters. The number of hydrogen-bond donors (Lipinski definition) is 0. The van der Waals surface area contributed by atoms with Crippen LogP contribution in [-0.4, -0.2) is 52.7 Å². The zero-order chi connectivity index (χ0) is 15.4. The standard InChI is InChI=1S/C12H24NO4PS2/c1-5-13(6-2)18(16-7-9-19-11(3)14)17-8-10-20-12(4)15/h5-10H2,1-4H3. The lowest BCUT2D eigenvalue weighted by Crippen LogP contribution is -2.20. The molecule has 0 radical (unpaired) electrons. The number of carbonyl (C=O) groups excluding carboxylic acids is 2. The Morgan fingerprint density at radius 3 is 1.65 bits per heavy atom. The molecule has 0 saturated carbocycles. The molecule has 0 aromatic heterocycles. The fraction of sp³-hybridized carbons (Fsp3) is 0.833. The molecule has 0 aliphatic rings. The van der Waals surface area contributed by atoms with Crippen molar-refractivity contribution in [2.24, 2.45) is 0 Å². The highest BCUT2D eigenvalue weighted by Gasteiger charge is 2.18. The Kier molecular flexibility index (Phi) is 13.3. The minimum Gasteiger partial charge on any atom is -0.321 e. The minimum absolute atomic E-state index is 0.0968. The van der Waals surface area contributed by atoms with Crippen LogP contribution in [0.3, 0.4) is 0 Å². The van der Waals surface area contributed by atoms with Crippen molar-refractivity contribution in [2.45, 2.75) is 27.7 Å². The summed E-state index contributed by atoms with van der Waals surface area (Å²) in [6.07, 6.45) is 0. The molecule has 0 spiro atoms. The zero-order valence-electron chi connectivity index (χ0n) is 12.6. The van der Waals surface area contributed by atoms with Crippen molar-refractivity contribution in [1.29, 1.82) is 0 Å². The van der Waals surface area contributed by atoms with Crippen LogP contribution < -0.4 is 0 Å². The SMILES string of the molecule is CCN(CC)P(OCCSC(C)=O)OCCSC(C)=O. The van der Waals surface area contributed by atoms with Gasteiger partial charge in [0.15, 0.2) is 10.2 Å². The van der Waals surface area contributed by atoms with Crippen LogP contribution in [0.1, 0.15) is 27.7 Å². The molecule has 8 heteroatoms. The topological polar surface area (TPSA) is 55.8 Å². The lowest BCUT2D eigenvalue weighted by molar-refractivity contribution is -0.109. The van der Waals surface area contributed by atoms with Gasteiger partial charge in [0.05, 0.1) is 13.2 Å². The summed E-state index contributed by atoms with van der Waals surface area (Å²) in [6, 6.07) is 0. The Balaban J connectivity index is 4.06. The van der Waals surface area contributed by atoms with Gasteiger partial charge >= 0.3 is 0 Å². The molecule has 0 amide bonds. The maximum Gasteiger partial charge on any atom is 0.258 e. The van der Waals surface area contributed by atoms with Crippen molar-refractivity contribution in [1.82, 2.24) is 4.67 Å². The van der Waals surface area contributed by atoms with Crippen molar-refractivity contribution >= 4 is 42.3 Å². The summed E-state index contributed by atoms with van der Waals surface area (Å²) < 4.78 is 13.6. The van der Waals surface area contributed by atoms with E-state index in [-0.39, 0.29) is 10.2 Å². The van der Waals surface area contributed by atoms with Crippen LogP contribution in [0.15, 0.2) is 0 Å². The van der Waals surface area contributed by atoms with Crippen molar-refractivity contribution in [3.05, 3.63) is 0 Å². The van der Waals surface area contributed by atoms with Crippen LogP contribution >= 0.6 is 32.0 Å². The molecule has 0 aromatic rings. The molecule has 0 aliphatic heterocycles. The monoisotopic (exact) mass is 341 g/mol. The molecule has 0 N–H and O–H groups in total. The molecule has 0 aliphatic carbocycles. The first-order chi connectivity index (χ1) is 9.51. The number of carbonyl (C=O) groups is 2. The Bertz CT molecular complexity index is 269. The first kappa shape index (κ1) is 20.3. The normalized spacial score (nSPS) is 11.3. The number of hydrogen-bond acceptors (Lipinski definition) is 7. The second-order valence-corrected chi connectivity index (χ2v) is 7.82. The van der Waals surface area contributed by atoms with Gasteiger partial charge in [-0.1, -0.05) is 37.4 Å². The van der Waals surface area contributed by atoms with Gasteiger partial charge < -0.3 is 9.05 Å². The molecule has 118 valence electrons. The molecule has 20 heavy (non-hydrogen) atoms. The maximum absolute atomic E-state index is 10.8. The third kappa shape index (κ3) is 11.1. The highest BCUT2D eigenvalue weighted by molar-refractivity contribution is 8.13. The van der Waals surface area contributed by atoms with E-state index < -0.39 is 8.53 Å². The van der Waals surface area contributed by atoms with Gasteiger partial charge in [0.1, 0.15) is 0 Å². The highest BCUT2D eigenvalue weighted by Crippen LogP contribution is 2.42. The van der Waals surface area contributed by atoms with Gasteiger partial charge in [-0.15, -0.1) is 0 Å². The fourth-order valence-corrected chi connectivity index (χ4v) is 3.77. The number of rotatable bonds is 11. The van der Waals surface area contributed by atoms with Gasteiger partial charge in [0.25, 0.3) is 8.53 Å². The summed E-state index contributed by atoms with van der Waals surface area (Å²) in [5, 5.41) is 0.194. The van der Waals surface area contributed by atoms with E-state index in [1.165, 1.54) is 23.5 Å². The summed E-state index contributed by atoms with van der Waals surface area (Å²) >= 11 is 2.51. The summed E-state index contributed by atoms with van der Waals surface area (Å²) in [4.78, 5) is 21.7. The van der Waals surface area contributed by atoms with Gasteiger partial charge in [-0.2, -0.15) is 0 Å². The van der Waals surface area contributed by atoms with E-state index in [2.05, 4.69) is 18.5 Å². The van der Waals surface area contributed by atoms with Crippen molar-refractivity contribution in [2.75, 3.05) is 37.8 Å². The highest BCUT2D eigenvalue weighted by atomic mass is 32.2. The summed E-state index contributed by atoms with van der Waals surface area (Å²) in [5.41, 5.74) is 0. The average molecular weight is 341 g/mol. The lowest BCUT2D eigenvalue weighted by atomic mass is 10.7. The van der Waals surface area contributed by atoms with E-state index in [1.54, 1.807) is 13.8 Å². The van der Waals surface area contributed by atoms with Gasteiger partial charge in [-0.25, -0.2) is 4.67 Å². The first-order valence-corrected chi connectivity index (χ1v) is 9.68. The first-order valence-electron chi connectivity index (χ1n) is 6.58. The molecule has 0 unspecified atom stereocenters. The Labute approximate surface area is 131 Å². The summed E-state index contributed by atoms with van der Waals surface area (Å²) in [6.45, 7) is 9.89. The fourth-order valence-electron chi connectivity index (χ4n) is 1.26. The number of nitrogens with zero attached hydrogens (tertiary/aromatic N) is 1. The van der Waals surface area contributed by atoms with Crippen LogP contribution in [0.25, 0.3) is 0 Å². The van der Waals surface area contributed by atoms with Crippen LogP contribution in [0.4, 0.5) is 0 Å². The molecular weight excluding hydrogens is 317 g/mol. The second kappa shape index (κ2) is 13.0.